The molecule has 0 bridgehead atoms. The summed E-state index contributed by atoms with van der Waals surface area (Å²) in [5.41, 5.74) is 0.617. The number of fused-ring (bicyclic) bond motifs is 1. The topological polar surface area (TPSA) is 78.5 Å². The van der Waals surface area contributed by atoms with Crippen LogP contribution in [0.3, 0.4) is 0 Å². The van der Waals surface area contributed by atoms with Crippen LogP contribution in [-0.2, 0) is 11.2 Å². The lowest BCUT2D eigenvalue weighted by molar-refractivity contribution is 0.108. The summed E-state index contributed by atoms with van der Waals surface area (Å²) in [7, 11) is 1.70. The van der Waals surface area contributed by atoms with Gasteiger partial charge in [0.25, 0.3) is 5.56 Å². The number of aromatic nitrogens is 2. The van der Waals surface area contributed by atoms with Crippen LogP contribution < -0.4 is 5.56 Å². The van der Waals surface area contributed by atoms with Gasteiger partial charge in [0.1, 0.15) is 5.82 Å². The largest absolute Gasteiger partial charge is 0.395 e. The molecule has 3 rings (SSSR count). The molecule has 1 saturated heterocycles. The molecule has 1 aliphatic heterocycles. The van der Waals surface area contributed by atoms with E-state index in [0.717, 1.165) is 25.0 Å². The number of hydrogen-bond acceptors (Lipinski definition) is 5. The van der Waals surface area contributed by atoms with Crippen LogP contribution in [0.2, 0.25) is 0 Å². The number of methoxy groups -OCH3 is 1. The van der Waals surface area contributed by atoms with E-state index in [0.29, 0.717) is 17.6 Å². The molecule has 0 aliphatic carbocycles. The summed E-state index contributed by atoms with van der Waals surface area (Å²) in [6.07, 6.45) is 1.66. The molecule has 2 atom stereocenters. The second kappa shape index (κ2) is 6.56. The van der Waals surface area contributed by atoms with Gasteiger partial charge in [-0.15, -0.1) is 0 Å². The number of aliphatic hydroxyl groups is 1. The fraction of sp³-hybridized carbons (Fsp3) is 0.500. The smallest absolute Gasteiger partial charge is 0.258 e. The molecule has 0 spiro atoms. The molecule has 6 heteroatoms. The van der Waals surface area contributed by atoms with Gasteiger partial charge in [-0.05, 0) is 18.6 Å². The minimum atomic E-state index is -0.101. The maximum Gasteiger partial charge on any atom is 0.258 e. The average molecular weight is 303 g/mol. The number of nitrogens with one attached hydrogen (secondary N) is 1. The number of nitrogens with zero attached hydrogens (tertiary/aromatic N) is 2. The minimum Gasteiger partial charge on any atom is -0.395 e. The van der Waals surface area contributed by atoms with Crippen molar-refractivity contribution in [2.45, 2.75) is 25.0 Å². The SMILES string of the molecule is CO[C@H]1C[C@@H](CO)N(CCc2nc3ccccc3c(=O)[nH]2)C1. The standard InChI is InChI=1S/C16H21N3O3/c1-22-12-8-11(10-20)19(9-12)7-6-15-17-14-5-3-2-4-13(14)16(21)18-15/h2-5,11-12,20H,6-10H2,1H3,(H,17,18,21)/t11-,12-/m0/s1. The monoisotopic (exact) mass is 303 g/mol. The Labute approximate surface area is 128 Å². The maximum absolute atomic E-state index is 12.0. The fourth-order valence-electron chi connectivity index (χ4n) is 3.08. The van der Waals surface area contributed by atoms with Crippen molar-refractivity contribution in [3.63, 3.8) is 0 Å². The van der Waals surface area contributed by atoms with Gasteiger partial charge in [0.2, 0.25) is 0 Å². The van der Waals surface area contributed by atoms with Crippen LogP contribution in [0.5, 0.6) is 0 Å². The lowest BCUT2D eigenvalue weighted by atomic mass is 10.2. The number of H-pyrrole nitrogens is 1. The molecule has 6 nitrogen and oxygen atoms in total. The first-order valence-corrected chi connectivity index (χ1v) is 7.57. The van der Waals surface area contributed by atoms with Crippen LogP contribution in [0.4, 0.5) is 0 Å². The Morgan fingerprint density at radius 3 is 3.05 bits per heavy atom. The highest BCUT2D eigenvalue weighted by molar-refractivity contribution is 5.77. The summed E-state index contributed by atoms with van der Waals surface area (Å²) in [6, 6.07) is 7.46. The van der Waals surface area contributed by atoms with Gasteiger partial charge in [-0.1, -0.05) is 12.1 Å². The van der Waals surface area contributed by atoms with E-state index in [-0.39, 0.29) is 24.3 Å². The summed E-state index contributed by atoms with van der Waals surface area (Å²) in [4.78, 5) is 21.6. The van der Waals surface area contributed by atoms with E-state index >= 15 is 0 Å². The lowest BCUT2D eigenvalue weighted by Crippen LogP contribution is -2.34. The molecule has 22 heavy (non-hydrogen) atoms. The number of para-hydroxylation sites is 1. The van der Waals surface area contributed by atoms with E-state index in [2.05, 4.69) is 14.9 Å². The quantitative estimate of drug-likeness (QED) is 0.843. The maximum atomic E-state index is 12.0. The van der Waals surface area contributed by atoms with Crippen LogP contribution >= 0.6 is 0 Å². The molecular weight excluding hydrogens is 282 g/mol. The van der Waals surface area contributed by atoms with Gasteiger partial charge in [-0.2, -0.15) is 0 Å². The zero-order valence-corrected chi connectivity index (χ0v) is 12.7. The van der Waals surface area contributed by atoms with E-state index in [9.17, 15) is 9.90 Å². The molecule has 1 aromatic carbocycles. The van der Waals surface area contributed by atoms with Gasteiger partial charge in [0.05, 0.1) is 23.6 Å². The van der Waals surface area contributed by atoms with Crippen molar-refractivity contribution in [1.82, 2.24) is 14.9 Å². The van der Waals surface area contributed by atoms with Crippen molar-refractivity contribution in [3.05, 3.63) is 40.4 Å². The Bertz CT molecular complexity index is 700. The minimum absolute atomic E-state index is 0.101. The molecule has 1 aromatic heterocycles. The molecule has 2 heterocycles. The molecule has 0 radical (unpaired) electrons. The summed E-state index contributed by atoms with van der Waals surface area (Å²) in [6.45, 7) is 1.67. The van der Waals surface area contributed by atoms with Crippen molar-refractivity contribution >= 4 is 10.9 Å². The predicted molar refractivity (Wildman–Crippen MR) is 83.9 cm³/mol. The first-order valence-electron chi connectivity index (χ1n) is 7.57. The number of aromatic amines is 1. The van der Waals surface area contributed by atoms with E-state index in [1.54, 1.807) is 13.2 Å². The molecule has 0 unspecified atom stereocenters. The number of benzene rings is 1. The summed E-state index contributed by atoms with van der Waals surface area (Å²) in [5, 5.41) is 10.1. The highest BCUT2D eigenvalue weighted by Gasteiger charge is 2.31. The molecule has 1 aliphatic rings. The van der Waals surface area contributed by atoms with Crippen molar-refractivity contribution in [3.8, 4) is 0 Å². The van der Waals surface area contributed by atoms with Gasteiger partial charge in [-0.25, -0.2) is 4.98 Å². The van der Waals surface area contributed by atoms with Crippen LogP contribution in [0.15, 0.2) is 29.1 Å². The van der Waals surface area contributed by atoms with Gasteiger partial charge in [0, 0.05) is 32.7 Å². The number of aliphatic hydroxyl groups excluding tert-OH is 1. The second-order valence-electron chi connectivity index (χ2n) is 5.70. The van der Waals surface area contributed by atoms with E-state index in [1.165, 1.54) is 0 Å². The Kier molecular flexibility index (Phi) is 4.52. The molecule has 118 valence electrons. The third-order valence-corrected chi connectivity index (χ3v) is 4.33. The van der Waals surface area contributed by atoms with E-state index < -0.39 is 0 Å². The van der Waals surface area contributed by atoms with E-state index in [4.69, 9.17) is 4.74 Å². The first kappa shape index (κ1) is 15.1. The van der Waals surface area contributed by atoms with Crippen LogP contribution in [0, 0.1) is 0 Å². The van der Waals surface area contributed by atoms with Crippen molar-refractivity contribution < 1.29 is 9.84 Å². The number of likely N-dealkylation sites (tertiary alicyclic amines) is 1. The fourth-order valence-corrected chi connectivity index (χ4v) is 3.08. The average Bonchev–Trinajstić information content (AvgIpc) is 2.95. The summed E-state index contributed by atoms with van der Waals surface area (Å²) < 4.78 is 5.38. The molecule has 0 amide bonds. The molecule has 0 saturated carbocycles. The number of ether oxygens (including phenoxy) is 1. The van der Waals surface area contributed by atoms with Crippen LogP contribution in [0.25, 0.3) is 10.9 Å². The Balaban J connectivity index is 1.72. The molecule has 1 fully saturated rings. The highest BCUT2D eigenvalue weighted by Crippen LogP contribution is 2.19. The summed E-state index contributed by atoms with van der Waals surface area (Å²) >= 11 is 0. The molecular formula is C16H21N3O3. The van der Waals surface area contributed by atoms with Gasteiger partial charge >= 0.3 is 0 Å². The summed E-state index contributed by atoms with van der Waals surface area (Å²) in [5.74, 6) is 0.682. The van der Waals surface area contributed by atoms with Gasteiger partial charge in [0.15, 0.2) is 0 Å². The van der Waals surface area contributed by atoms with Crippen molar-refractivity contribution in [2.75, 3.05) is 26.8 Å². The zero-order chi connectivity index (χ0) is 15.5. The Morgan fingerprint density at radius 2 is 2.27 bits per heavy atom. The zero-order valence-electron chi connectivity index (χ0n) is 12.7. The molecule has 2 N–H and O–H groups in total. The third-order valence-electron chi connectivity index (χ3n) is 4.33. The highest BCUT2D eigenvalue weighted by atomic mass is 16.5. The van der Waals surface area contributed by atoms with Crippen LogP contribution in [0.1, 0.15) is 12.2 Å². The van der Waals surface area contributed by atoms with Gasteiger partial charge in [-0.3, -0.25) is 9.69 Å². The Morgan fingerprint density at radius 1 is 1.45 bits per heavy atom. The Hall–Kier alpha value is -1.76. The predicted octanol–water partition coefficient (Wildman–Crippen LogP) is 0.547. The third kappa shape index (κ3) is 3.04. The van der Waals surface area contributed by atoms with Crippen LogP contribution in [-0.4, -0.2) is 58.9 Å². The lowest BCUT2D eigenvalue weighted by Gasteiger charge is -2.21. The van der Waals surface area contributed by atoms with Crippen molar-refractivity contribution in [2.24, 2.45) is 0 Å². The second-order valence-corrected chi connectivity index (χ2v) is 5.70. The normalized spacial score (nSPS) is 22.5. The molecule has 2 aromatic rings. The number of rotatable bonds is 5. The number of hydrogen-bond donors (Lipinski definition) is 2. The van der Waals surface area contributed by atoms with Crippen molar-refractivity contribution in [1.29, 1.82) is 0 Å². The van der Waals surface area contributed by atoms with E-state index in [1.807, 2.05) is 18.2 Å². The van der Waals surface area contributed by atoms with Gasteiger partial charge < -0.3 is 14.8 Å². The first-order chi connectivity index (χ1) is 10.7.